The van der Waals surface area contributed by atoms with Gasteiger partial charge < -0.3 is 0 Å². The highest BCUT2D eigenvalue weighted by atomic mass is 32.1. The van der Waals surface area contributed by atoms with Gasteiger partial charge in [0.25, 0.3) is 0 Å². The summed E-state index contributed by atoms with van der Waals surface area (Å²) in [5, 5.41) is 2.36. The second kappa shape index (κ2) is 10.6. The van der Waals surface area contributed by atoms with E-state index in [4.69, 9.17) is 0 Å². The molecule has 0 aliphatic heterocycles. The van der Waals surface area contributed by atoms with Crippen LogP contribution in [-0.4, -0.2) is 5.16 Å². The van der Waals surface area contributed by atoms with Gasteiger partial charge in [0.15, 0.2) is 0 Å². The highest BCUT2D eigenvalue weighted by molar-refractivity contribution is 7.78. The van der Waals surface area contributed by atoms with Crippen molar-refractivity contribution in [3.8, 4) is 11.1 Å². The molecule has 0 saturated heterocycles. The van der Waals surface area contributed by atoms with Gasteiger partial charge in [-0.05, 0) is 66.2 Å². The zero-order chi connectivity index (χ0) is 19.8. The van der Waals surface area contributed by atoms with Gasteiger partial charge in [-0.3, -0.25) is 0 Å². The van der Waals surface area contributed by atoms with E-state index in [2.05, 4.69) is 35.4 Å². The molecular weight excluding hydrogens is 365 g/mol. The van der Waals surface area contributed by atoms with E-state index in [1.54, 1.807) is 6.07 Å². The van der Waals surface area contributed by atoms with Gasteiger partial charge in [-0.1, -0.05) is 76.1 Å². The van der Waals surface area contributed by atoms with Gasteiger partial charge in [-0.25, -0.2) is 4.39 Å². The van der Waals surface area contributed by atoms with Gasteiger partial charge in [-0.2, -0.15) is 4.99 Å². The zero-order valence-corrected chi connectivity index (χ0v) is 17.6. The largest absolute Gasteiger partial charge is 0.206 e. The Morgan fingerprint density at radius 2 is 1.86 bits per heavy atom. The summed E-state index contributed by atoms with van der Waals surface area (Å²) >= 11 is 4.63. The number of unbranched alkanes of at least 4 members (excludes halogenated alkanes) is 1. The lowest BCUT2D eigenvalue weighted by atomic mass is 9.75. The molecule has 0 bridgehead atoms. The van der Waals surface area contributed by atoms with Gasteiger partial charge >= 0.3 is 0 Å². The van der Waals surface area contributed by atoms with E-state index in [0.717, 1.165) is 29.2 Å². The van der Waals surface area contributed by atoms with E-state index in [1.165, 1.54) is 51.4 Å². The maximum Gasteiger partial charge on any atom is 0.131 e. The maximum absolute atomic E-state index is 14.9. The fraction of sp³-hybridized carbons (Fsp3) is 0.480. The molecule has 2 aromatic carbocycles. The first kappa shape index (κ1) is 20.9. The van der Waals surface area contributed by atoms with Gasteiger partial charge in [0.05, 0.1) is 10.8 Å². The van der Waals surface area contributed by atoms with Crippen molar-refractivity contribution in [2.45, 2.75) is 64.7 Å². The molecule has 148 valence electrons. The topological polar surface area (TPSA) is 12.4 Å². The average molecular weight is 396 g/mol. The Labute approximate surface area is 174 Å². The SMILES string of the molecule is CCCCC(Cc1ccc(-c2ccc(N=C=S)cc2)c(F)c1)C1CCCCC1. The fourth-order valence-corrected chi connectivity index (χ4v) is 4.67. The number of benzene rings is 2. The molecule has 1 atom stereocenters. The molecule has 0 heterocycles. The van der Waals surface area contributed by atoms with Crippen LogP contribution < -0.4 is 0 Å². The lowest BCUT2D eigenvalue weighted by Crippen LogP contribution is -2.20. The Morgan fingerprint density at radius 3 is 2.50 bits per heavy atom. The number of hydrogen-bond donors (Lipinski definition) is 0. The summed E-state index contributed by atoms with van der Waals surface area (Å²) in [6, 6.07) is 13.2. The second-order valence-corrected chi connectivity index (χ2v) is 8.25. The first-order valence-electron chi connectivity index (χ1n) is 10.7. The highest BCUT2D eigenvalue weighted by Gasteiger charge is 2.23. The summed E-state index contributed by atoms with van der Waals surface area (Å²) in [5.74, 6) is 1.37. The van der Waals surface area contributed by atoms with Crippen molar-refractivity contribution in [2.75, 3.05) is 0 Å². The third-order valence-corrected chi connectivity index (χ3v) is 6.22. The van der Waals surface area contributed by atoms with Gasteiger partial charge in [0.1, 0.15) is 5.82 Å². The van der Waals surface area contributed by atoms with Gasteiger partial charge in [-0.15, -0.1) is 0 Å². The van der Waals surface area contributed by atoms with E-state index in [-0.39, 0.29) is 5.82 Å². The van der Waals surface area contributed by atoms with Gasteiger partial charge in [0.2, 0.25) is 0 Å². The average Bonchev–Trinajstić information content (AvgIpc) is 2.73. The van der Waals surface area contributed by atoms with Crippen LogP contribution in [-0.2, 0) is 6.42 Å². The third-order valence-electron chi connectivity index (χ3n) is 6.13. The number of hydrogen-bond acceptors (Lipinski definition) is 2. The fourth-order valence-electron chi connectivity index (χ4n) is 4.57. The van der Waals surface area contributed by atoms with E-state index in [1.807, 2.05) is 30.3 Å². The smallest absolute Gasteiger partial charge is 0.131 e. The van der Waals surface area contributed by atoms with Crippen LogP contribution in [0.5, 0.6) is 0 Å². The monoisotopic (exact) mass is 395 g/mol. The van der Waals surface area contributed by atoms with E-state index in [0.29, 0.717) is 11.5 Å². The van der Waals surface area contributed by atoms with Crippen LogP contribution in [0.15, 0.2) is 47.5 Å². The van der Waals surface area contributed by atoms with Crippen LogP contribution in [0.25, 0.3) is 11.1 Å². The number of isothiocyanates is 1. The first-order valence-corrected chi connectivity index (χ1v) is 11.1. The van der Waals surface area contributed by atoms with Crippen molar-refractivity contribution in [3.05, 3.63) is 53.8 Å². The van der Waals surface area contributed by atoms with Gasteiger partial charge in [0, 0.05) is 5.56 Å². The highest BCUT2D eigenvalue weighted by Crippen LogP contribution is 2.35. The summed E-state index contributed by atoms with van der Waals surface area (Å²) in [5.41, 5.74) is 3.38. The van der Waals surface area contributed by atoms with Crippen molar-refractivity contribution in [2.24, 2.45) is 16.8 Å². The quantitative estimate of drug-likeness (QED) is 0.324. The van der Waals surface area contributed by atoms with E-state index >= 15 is 0 Å². The Kier molecular flexibility index (Phi) is 7.94. The molecule has 1 saturated carbocycles. The molecule has 2 aromatic rings. The first-order chi connectivity index (χ1) is 13.7. The van der Waals surface area contributed by atoms with Crippen molar-refractivity contribution in [1.82, 2.24) is 0 Å². The second-order valence-electron chi connectivity index (χ2n) is 8.07. The molecule has 0 amide bonds. The normalized spacial score (nSPS) is 15.8. The number of rotatable bonds is 8. The molecule has 0 N–H and O–H groups in total. The minimum Gasteiger partial charge on any atom is -0.206 e. The number of halogens is 1. The predicted octanol–water partition coefficient (Wildman–Crippen LogP) is 8.16. The number of nitrogens with zero attached hydrogens (tertiary/aromatic N) is 1. The molecule has 1 nitrogen and oxygen atoms in total. The number of aliphatic imine (C=N–C) groups is 1. The molecule has 1 unspecified atom stereocenters. The van der Waals surface area contributed by atoms with Crippen molar-refractivity contribution >= 4 is 23.1 Å². The summed E-state index contributed by atoms with van der Waals surface area (Å²) in [6.07, 6.45) is 11.6. The van der Waals surface area contributed by atoms with Crippen molar-refractivity contribution in [1.29, 1.82) is 0 Å². The lowest BCUT2D eigenvalue weighted by Gasteiger charge is -2.30. The molecule has 0 radical (unpaired) electrons. The molecule has 0 spiro atoms. The Balaban J connectivity index is 1.75. The molecule has 28 heavy (non-hydrogen) atoms. The minimum absolute atomic E-state index is 0.138. The van der Waals surface area contributed by atoms with Crippen LogP contribution >= 0.6 is 12.2 Å². The lowest BCUT2D eigenvalue weighted by molar-refractivity contribution is 0.230. The summed E-state index contributed by atoms with van der Waals surface area (Å²) < 4.78 is 14.9. The number of thiocarbonyl (C=S) groups is 1. The van der Waals surface area contributed by atoms with Crippen LogP contribution in [0, 0.1) is 17.7 Å². The maximum atomic E-state index is 14.9. The standard InChI is InChI=1S/C25H30FNS/c1-2-3-7-22(20-8-5-4-6-9-20)16-19-10-15-24(25(26)17-19)21-11-13-23(14-12-21)27-18-28/h10-15,17,20,22H,2-9,16H2,1H3. The van der Waals surface area contributed by atoms with Crippen molar-refractivity contribution < 1.29 is 4.39 Å². The van der Waals surface area contributed by atoms with E-state index < -0.39 is 0 Å². The Bertz CT molecular complexity index is 802. The van der Waals surface area contributed by atoms with Crippen LogP contribution in [0.1, 0.15) is 63.9 Å². The minimum atomic E-state index is -0.138. The molecule has 1 aliphatic rings. The van der Waals surface area contributed by atoms with Crippen LogP contribution in [0.4, 0.5) is 10.1 Å². The summed E-state index contributed by atoms with van der Waals surface area (Å²) in [6.45, 7) is 2.26. The Hall–Kier alpha value is -1.83. The molecule has 3 rings (SSSR count). The van der Waals surface area contributed by atoms with Crippen molar-refractivity contribution in [3.63, 3.8) is 0 Å². The Morgan fingerprint density at radius 1 is 1.11 bits per heavy atom. The molecule has 3 heteroatoms. The molecule has 1 fully saturated rings. The summed E-state index contributed by atoms with van der Waals surface area (Å²) in [7, 11) is 0. The zero-order valence-electron chi connectivity index (χ0n) is 16.8. The predicted molar refractivity (Wildman–Crippen MR) is 120 cm³/mol. The van der Waals surface area contributed by atoms with Crippen LogP contribution in [0.2, 0.25) is 0 Å². The third kappa shape index (κ3) is 5.59. The van der Waals surface area contributed by atoms with Crippen LogP contribution in [0.3, 0.4) is 0 Å². The van der Waals surface area contributed by atoms with E-state index in [9.17, 15) is 4.39 Å². The molecular formula is C25H30FNS. The molecule has 0 aromatic heterocycles. The molecule has 1 aliphatic carbocycles. The summed E-state index contributed by atoms with van der Waals surface area (Å²) in [4.78, 5) is 3.95.